The van der Waals surface area contributed by atoms with Crippen LogP contribution < -0.4 is 4.90 Å². The smallest absolute Gasteiger partial charge is 0.231 e. The van der Waals surface area contributed by atoms with Gasteiger partial charge < -0.3 is 9.80 Å². The Kier molecular flexibility index (Phi) is 3.73. The fourth-order valence-electron chi connectivity index (χ4n) is 4.55. The molecule has 4 rings (SSSR count). The van der Waals surface area contributed by atoms with Crippen LogP contribution in [-0.2, 0) is 14.6 Å². The van der Waals surface area contributed by atoms with Crippen LogP contribution in [0, 0.1) is 12.8 Å². The normalized spacial score (nSPS) is 31.8. The first-order valence-electron chi connectivity index (χ1n) is 8.68. The minimum Gasteiger partial charge on any atom is -0.308 e. The van der Waals surface area contributed by atoms with Crippen molar-refractivity contribution < 1.29 is 13.2 Å². The summed E-state index contributed by atoms with van der Waals surface area (Å²) in [4.78, 5) is 17.4. The molecule has 0 radical (unpaired) electrons. The summed E-state index contributed by atoms with van der Waals surface area (Å²) in [5.74, 6) is 0.136. The third-order valence-corrected chi connectivity index (χ3v) is 7.54. The van der Waals surface area contributed by atoms with Gasteiger partial charge in [-0.1, -0.05) is 17.7 Å². The van der Waals surface area contributed by atoms with Gasteiger partial charge in [0, 0.05) is 24.2 Å². The number of carbonyl (C=O) groups is 1. The van der Waals surface area contributed by atoms with Gasteiger partial charge in [0.15, 0.2) is 9.84 Å². The van der Waals surface area contributed by atoms with Gasteiger partial charge in [-0.15, -0.1) is 0 Å². The number of fused-ring (bicyclic) bond motifs is 3. The summed E-state index contributed by atoms with van der Waals surface area (Å²) in [6, 6.07) is 6.47. The SMILES string of the molecule is Cc1ccc2c(c1)[C@@H]1CN(C)CC[C@@H]1N2C(=O)C1CCS(=O)(=O)C1. The van der Waals surface area contributed by atoms with Crippen LogP contribution in [0.25, 0.3) is 0 Å². The van der Waals surface area contributed by atoms with Crippen LogP contribution in [0.4, 0.5) is 5.69 Å². The molecule has 3 atom stereocenters. The van der Waals surface area contributed by atoms with Crippen molar-refractivity contribution >= 4 is 21.4 Å². The molecule has 6 heteroatoms. The zero-order chi connectivity index (χ0) is 17.1. The largest absolute Gasteiger partial charge is 0.308 e. The molecule has 1 amide bonds. The van der Waals surface area contributed by atoms with Crippen LogP contribution in [0.5, 0.6) is 0 Å². The second-order valence-electron chi connectivity index (χ2n) is 7.60. The summed E-state index contributed by atoms with van der Waals surface area (Å²) in [7, 11) is -0.923. The van der Waals surface area contributed by atoms with E-state index in [1.54, 1.807) is 0 Å². The molecule has 2 saturated heterocycles. The standard InChI is InChI=1S/C18H24N2O3S/c1-12-3-4-16-14(9-12)15-10-19(2)7-5-17(15)20(16)18(21)13-6-8-24(22,23)11-13/h3-4,9,13,15,17H,5-8,10-11H2,1-2H3/t13?,15-,17-/m0/s1. The number of likely N-dealkylation sites (N-methyl/N-ethyl adjacent to an activating group) is 1. The molecule has 0 N–H and O–H groups in total. The van der Waals surface area contributed by atoms with Crippen molar-refractivity contribution in [2.75, 3.05) is 36.5 Å². The summed E-state index contributed by atoms with van der Waals surface area (Å²) < 4.78 is 23.6. The lowest BCUT2D eigenvalue weighted by atomic mass is 9.88. The average Bonchev–Trinajstić information content (AvgIpc) is 3.04. The fourth-order valence-corrected chi connectivity index (χ4v) is 6.29. The lowest BCUT2D eigenvalue weighted by Crippen LogP contribution is -2.49. The number of hydrogen-bond acceptors (Lipinski definition) is 4. The average molecular weight is 348 g/mol. The minimum atomic E-state index is -3.05. The number of rotatable bonds is 1. The molecule has 0 spiro atoms. The first-order valence-corrected chi connectivity index (χ1v) is 10.5. The number of amides is 1. The molecule has 24 heavy (non-hydrogen) atoms. The third-order valence-electron chi connectivity index (χ3n) is 5.77. The molecule has 3 aliphatic rings. The van der Waals surface area contributed by atoms with E-state index in [0.29, 0.717) is 12.3 Å². The summed E-state index contributed by atoms with van der Waals surface area (Å²) in [5.41, 5.74) is 3.46. The highest BCUT2D eigenvalue weighted by Crippen LogP contribution is 2.46. The number of sulfone groups is 1. The molecule has 2 fully saturated rings. The van der Waals surface area contributed by atoms with Crippen molar-refractivity contribution in [1.82, 2.24) is 4.90 Å². The summed E-state index contributed by atoms with van der Waals surface area (Å²) in [6.07, 6.45) is 1.41. The highest BCUT2D eigenvalue weighted by atomic mass is 32.2. The fraction of sp³-hybridized carbons (Fsp3) is 0.611. The monoisotopic (exact) mass is 348 g/mol. The molecule has 0 saturated carbocycles. The maximum Gasteiger partial charge on any atom is 0.231 e. The van der Waals surface area contributed by atoms with Crippen LogP contribution in [-0.4, -0.2) is 56.9 Å². The molecule has 0 aromatic heterocycles. The molecular formula is C18H24N2O3S. The molecular weight excluding hydrogens is 324 g/mol. The van der Waals surface area contributed by atoms with Crippen molar-refractivity contribution in [2.24, 2.45) is 5.92 Å². The number of aryl methyl sites for hydroxylation is 1. The summed E-state index contributed by atoms with van der Waals surface area (Å²) in [6.45, 7) is 4.00. The predicted molar refractivity (Wildman–Crippen MR) is 94.1 cm³/mol. The zero-order valence-corrected chi connectivity index (χ0v) is 15.1. The number of hydrogen-bond donors (Lipinski definition) is 0. The second kappa shape index (κ2) is 5.56. The molecule has 0 bridgehead atoms. The molecule has 3 aliphatic heterocycles. The van der Waals surface area contributed by atoms with Crippen molar-refractivity contribution in [3.05, 3.63) is 29.3 Å². The Morgan fingerprint density at radius 3 is 2.75 bits per heavy atom. The molecule has 1 aromatic carbocycles. The zero-order valence-electron chi connectivity index (χ0n) is 14.2. The number of benzene rings is 1. The van der Waals surface area contributed by atoms with Gasteiger partial charge in [-0.2, -0.15) is 0 Å². The Morgan fingerprint density at radius 1 is 1.25 bits per heavy atom. The topological polar surface area (TPSA) is 57.7 Å². The Morgan fingerprint density at radius 2 is 2.04 bits per heavy atom. The third kappa shape index (κ3) is 2.56. The second-order valence-corrected chi connectivity index (χ2v) is 9.82. The highest BCUT2D eigenvalue weighted by Gasteiger charge is 2.46. The quantitative estimate of drug-likeness (QED) is 0.773. The van der Waals surface area contributed by atoms with Gasteiger partial charge in [0.25, 0.3) is 0 Å². The lowest BCUT2D eigenvalue weighted by molar-refractivity contribution is -0.122. The Balaban J connectivity index is 1.71. The van der Waals surface area contributed by atoms with Gasteiger partial charge in [0.2, 0.25) is 5.91 Å². The number of piperidine rings is 1. The molecule has 5 nitrogen and oxygen atoms in total. The first kappa shape index (κ1) is 16.1. The number of nitrogens with zero attached hydrogens (tertiary/aromatic N) is 2. The van der Waals surface area contributed by atoms with E-state index < -0.39 is 9.84 Å². The maximum absolute atomic E-state index is 13.2. The van der Waals surface area contributed by atoms with E-state index in [-0.39, 0.29) is 29.4 Å². The van der Waals surface area contributed by atoms with Crippen molar-refractivity contribution in [1.29, 1.82) is 0 Å². The van der Waals surface area contributed by atoms with Gasteiger partial charge in [-0.3, -0.25) is 4.79 Å². The Hall–Kier alpha value is -1.40. The lowest BCUT2D eigenvalue weighted by Gasteiger charge is -2.37. The van der Waals surface area contributed by atoms with Crippen LogP contribution in [0.1, 0.15) is 29.9 Å². The van der Waals surface area contributed by atoms with Crippen molar-refractivity contribution in [3.63, 3.8) is 0 Å². The van der Waals surface area contributed by atoms with Crippen LogP contribution in [0.2, 0.25) is 0 Å². The number of carbonyl (C=O) groups excluding carboxylic acids is 1. The summed E-state index contributed by atoms with van der Waals surface area (Å²) >= 11 is 0. The molecule has 3 heterocycles. The van der Waals surface area contributed by atoms with E-state index in [0.717, 1.165) is 25.2 Å². The molecule has 130 valence electrons. The van der Waals surface area contributed by atoms with Gasteiger partial charge >= 0.3 is 0 Å². The van der Waals surface area contributed by atoms with E-state index in [4.69, 9.17) is 0 Å². The minimum absolute atomic E-state index is 0.0123. The van der Waals surface area contributed by atoms with Crippen molar-refractivity contribution in [2.45, 2.75) is 31.7 Å². The van der Waals surface area contributed by atoms with E-state index in [9.17, 15) is 13.2 Å². The number of anilines is 1. The molecule has 0 aliphatic carbocycles. The highest BCUT2D eigenvalue weighted by molar-refractivity contribution is 7.91. The van der Waals surface area contributed by atoms with Gasteiger partial charge in [0.05, 0.1) is 17.4 Å². The first-order chi connectivity index (χ1) is 11.4. The van der Waals surface area contributed by atoms with Crippen LogP contribution in [0.3, 0.4) is 0 Å². The summed E-state index contributed by atoms with van der Waals surface area (Å²) in [5, 5.41) is 0. The van der Waals surface area contributed by atoms with E-state index in [1.165, 1.54) is 11.1 Å². The maximum atomic E-state index is 13.2. The van der Waals surface area contributed by atoms with Gasteiger partial charge in [-0.25, -0.2) is 8.42 Å². The molecule has 1 aromatic rings. The predicted octanol–water partition coefficient (Wildman–Crippen LogP) is 1.56. The van der Waals surface area contributed by atoms with Crippen molar-refractivity contribution in [3.8, 4) is 0 Å². The van der Waals surface area contributed by atoms with Gasteiger partial charge in [0.1, 0.15) is 0 Å². The van der Waals surface area contributed by atoms with E-state index in [1.807, 2.05) is 17.0 Å². The Labute approximate surface area is 143 Å². The number of likely N-dealkylation sites (tertiary alicyclic amines) is 1. The van der Waals surface area contributed by atoms with Crippen LogP contribution in [0.15, 0.2) is 18.2 Å². The Bertz CT molecular complexity index is 789. The van der Waals surface area contributed by atoms with Crippen LogP contribution >= 0.6 is 0 Å². The van der Waals surface area contributed by atoms with Gasteiger partial charge in [-0.05, 0) is 45.0 Å². The van der Waals surface area contributed by atoms with E-state index in [2.05, 4.69) is 24.9 Å². The molecule has 1 unspecified atom stereocenters. The van der Waals surface area contributed by atoms with E-state index >= 15 is 0 Å².